The highest BCUT2D eigenvalue weighted by Crippen LogP contribution is 2.24. The van der Waals surface area contributed by atoms with E-state index in [4.69, 9.17) is 5.11 Å². The lowest BCUT2D eigenvalue weighted by Gasteiger charge is -2.27. The van der Waals surface area contributed by atoms with Crippen molar-refractivity contribution in [1.29, 1.82) is 0 Å². The van der Waals surface area contributed by atoms with Crippen molar-refractivity contribution in [3.8, 4) is 0 Å². The molecular weight excluding hydrogens is 236 g/mol. The second-order valence-corrected chi connectivity index (χ2v) is 5.19. The van der Waals surface area contributed by atoms with Gasteiger partial charge in [-0.1, -0.05) is 13.3 Å². The second-order valence-electron chi connectivity index (χ2n) is 5.19. The SMILES string of the molecule is CCC1CCN(C(=O)N2CC(O)CC2C(=O)O)C1. The van der Waals surface area contributed by atoms with E-state index < -0.39 is 18.1 Å². The van der Waals surface area contributed by atoms with Crippen molar-refractivity contribution in [3.05, 3.63) is 0 Å². The Morgan fingerprint density at radius 3 is 2.61 bits per heavy atom. The van der Waals surface area contributed by atoms with E-state index in [1.54, 1.807) is 4.90 Å². The third-order valence-corrected chi connectivity index (χ3v) is 3.94. The van der Waals surface area contributed by atoms with Gasteiger partial charge in [-0.25, -0.2) is 9.59 Å². The number of aliphatic hydroxyl groups excluding tert-OH is 1. The molecule has 0 spiro atoms. The van der Waals surface area contributed by atoms with Gasteiger partial charge in [-0.05, 0) is 12.3 Å². The largest absolute Gasteiger partial charge is 0.480 e. The van der Waals surface area contributed by atoms with Crippen LogP contribution in [0.3, 0.4) is 0 Å². The maximum absolute atomic E-state index is 12.2. The van der Waals surface area contributed by atoms with Gasteiger partial charge >= 0.3 is 12.0 Å². The quantitative estimate of drug-likeness (QED) is 0.747. The number of carboxylic acid groups (broad SMARTS) is 1. The average Bonchev–Trinajstić information content (AvgIpc) is 2.94. The number of aliphatic hydroxyl groups is 1. The number of aliphatic carboxylic acids is 1. The molecule has 2 N–H and O–H groups in total. The minimum Gasteiger partial charge on any atom is -0.480 e. The molecule has 2 aliphatic heterocycles. The van der Waals surface area contributed by atoms with Gasteiger partial charge in [-0.3, -0.25) is 0 Å². The van der Waals surface area contributed by atoms with Crippen LogP contribution in [0.15, 0.2) is 0 Å². The number of carbonyl (C=O) groups excluding carboxylic acids is 1. The van der Waals surface area contributed by atoms with Crippen molar-refractivity contribution in [2.45, 2.75) is 38.3 Å². The van der Waals surface area contributed by atoms with Crippen molar-refractivity contribution < 1.29 is 19.8 Å². The summed E-state index contributed by atoms with van der Waals surface area (Å²) in [4.78, 5) is 26.3. The molecule has 2 aliphatic rings. The molecule has 0 aromatic carbocycles. The Hall–Kier alpha value is -1.30. The first-order chi connectivity index (χ1) is 8.52. The summed E-state index contributed by atoms with van der Waals surface area (Å²) in [7, 11) is 0. The summed E-state index contributed by atoms with van der Waals surface area (Å²) >= 11 is 0. The summed E-state index contributed by atoms with van der Waals surface area (Å²) in [5.74, 6) is -0.518. The number of hydrogen-bond acceptors (Lipinski definition) is 3. The molecule has 0 bridgehead atoms. The van der Waals surface area contributed by atoms with Gasteiger partial charge in [0.15, 0.2) is 0 Å². The number of likely N-dealkylation sites (tertiary alicyclic amines) is 2. The first-order valence-corrected chi connectivity index (χ1v) is 6.49. The fourth-order valence-corrected chi connectivity index (χ4v) is 2.78. The molecule has 2 fully saturated rings. The number of amides is 2. The summed E-state index contributed by atoms with van der Waals surface area (Å²) in [6.07, 6.45) is 1.43. The second kappa shape index (κ2) is 5.14. The number of urea groups is 1. The van der Waals surface area contributed by atoms with E-state index >= 15 is 0 Å². The smallest absolute Gasteiger partial charge is 0.326 e. The highest BCUT2D eigenvalue weighted by Gasteiger charge is 2.41. The van der Waals surface area contributed by atoms with Crippen LogP contribution in [0.5, 0.6) is 0 Å². The molecule has 18 heavy (non-hydrogen) atoms. The van der Waals surface area contributed by atoms with Crippen LogP contribution in [-0.2, 0) is 4.79 Å². The molecular formula is C12H20N2O4. The van der Waals surface area contributed by atoms with Crippen LogP contribution >= 0.6 is 0 Å². The van der Waals surface area contributed by atoms with E-state index in [0.29, 0.717) is 19.0 Å². The van der Waals surface area contributed by atoms with Crippen molar-refractivity contribution in [2.75, 3.05) is 19.6 Å². The highest BCUT2D eigenvalue weighted by atomic mass is 16.4. The molecule has 2 amide bonds. The fourth-order valence-electron chi connectivity index (χ4n) is 2.78. The fraction of sp³-hybridized carbons (Fsp3) is 0.833. The standard InChI is InChI=1S/C12H20N2O4/c1-2-8-3-4-13(6-8)12(18)14-7-9(15)5-10(14)11(16)17/h8-10,15H,2-7H2,1H3,(H,16,17). The molecule has 0 aromatic rings. The molecule has 6 heteroatoms. The minimum absolute atomic E-state index is 0.128. The zero-order valence-electron chi connectivity index (χ0n) is 10.6. The number of carbonyl (C=O) groups is 2. The number of carboxylic acids is 1. The van der Waals surface area contributed by atoms with E-state index in [9.17, 15) is 14.7 Å². The molecule has 2 saturated heterocycles. The van der Waals surface area contributed by atoms with Gasteiger partial charge in [-0.15, -0.1) is 0 Å². The van der Waals surface area contributed by atoms with E-state index in [-0.39, 0.29) is 19.0 Å². The maximum Gasteiger partial charge on any atom is 0.326 e. The summed E-state index contributed by atoms with van der Waals surface area (Å²) in [5, 5.41) is 18.6. The number of nitrogens with zero attached hydrogens (tertiary/aromatic N) is 2. The molecule has 0 aliphatic carbocycles. The van der Waals surface area contributed by atoms with Gasteiger partial charge < -0.3 is 20.0 Å². The average molecular weight is 256 g/mol. The summed E-state index contributed by atoms with van der Waals surface area (Å²) in [5.41, 5.74) is 0. The zero-order valence-corrected chi connectivity index (χ0v) is 10.6. The van der Waals surface area contributed by atoms with Crippen LogP contribution in [0.2, 0.25) is 0 Å². The Kier molecular flexibility index (Phi) is 3.75. The minimum atomic E-state index is -1.04. The van der Waals surface area contributed by atoms with Gasteiger partial charge in [0.2, 0.25) is 0 Å². The maximum atomic E-state index is 12.2. The highest BCUT2D eigenvalue weighted by molar-refractivity contribution is 5.83. The van der Waals surface area contributed by atoms with Crippen molar-refractivity contribution in [1.82, 2.24) is 9.80 Å². The molecule has 102 valence electrons. The first-order valence-electron chi connectivity index (χ1n) is 6.49. The van der Waals surface area contributed by atoms with Crippen LogP contribution in [0, 0.1) is 5.92 Å². The molecule has 3 unspecified atom stereocenters. The van der Waals surface area contributed by atoms with Gasteiger partial charge in [-0.2, -0.15) is 0 Å². The first kappa shape index (κ1) is 13.1. The third-order valence-electron chi connectivity index (χ3n) is 3.94. The van der Waals surface area contributed by atoms with Gasteiger partial charge in [0.05, 0.1) is 6.10 Å². The van der Waals surface area contributed by atoms with E-state index in [2.05, 4.69) is 6.92 Å². The van der Waals surface area contributed by atoms with Crippen molar-refractivity contribution in [3.63, 3.8) is 0 Å². The molecule has 0 radical (unpaired) electrons. The van der Waals surface area contributed by atoms with Gasteiger partial charge in [0.1, 0.15) is 6.04 Å². The molecule has 3 atom stereocenters. The number of β-amino-alcohol motifs (C(OH)–C–C–N with tert-alkyl or cyclic N) is 1. The Bertz CT molecular complexity index is 347. The normalized spacial score (nSPS) is 32.0. The van der Waals surface area contributed by atoms with Crippen molar-refractivity contribution in [2.24, 2.45) is 5.92 Å². The third kappa shape index (κ3) is 2.43. The lowest BCUT2D eigenvalue weighted by atomic mass is 10.1. The summed E-state index contributed by atoms with van der Waals surface area (Å²) in [6.45, 7) is 3.62. The monoisotopic (exact) mass is 256 g/mol. The Morgan fingerprint density at radius 2 is 2.06 bits per heavy atom. The molecule has 0 aromatic heterocycles. The van der Waals surface area contributed by atoms with Crippen LogP contribution in [0.4, 0.5) is 4.79 Å². The van der Waals surface area contributed by atoms with Gasteiger partial charge in [0, 0.05) is 26.1 Å². The topological polar surface area (TPSA) is 81.1 Å². The van der Waals surface area contributed by atoms with Crippen LogP contribution in [0.1, 0.15) is 26.2 Å². The van der Waals surface area contributed by atoms with Crippen LogP contribution < -0.4 is 0 Å². The lowest BCUT2D eigenvalue weighted by molar-refractivity contribution is -0.141. The predicted molar refractivity (Wildman–Crippen MR) is 64.1 cm³/mol. The van der Waals surface area contributed by atoms with E-state index in [1.807, 2.05) is 0 Å². The Labute approximate surface area is 106 Å². The van der Waals surface area contributed by atoms with E-state index in [1.165, 1.54) is 4.90 Å². The molecule has 6 nitrogen and oxygen atoms in total. The number of rotatable bonds is 2. The summed E-state index contributed by atoms with van der Waals surface area (Å²) in [6, 6.07) is -1.12. The van der Waals surface area contributed by atoms with Crippen LogP contribution in [-0.4, -0.2) is 63.8 Å². The Balaban J connectivity index is 2.02. The predicted octanol–water partition coefficient (Wildman–Crippen LogP) is 0.358. The lowest BCUT2D eigenvalue weighted by Crippen LogP contribution is -2.47. The zero-order chi connectivity index (χ0) is 13.3. The Morgan fingerprint density at radius 1 is 1.33 bits per heavy atom. The molecule has 0 saturated carbocycles. The molecule has 2 rings (SSSR count). The van der Waals surface area contributed by atoms with Gasteiger partial charge in [0.25, 0.3) is 0 Å². The van der Waals surface area contributed by atoms with Crippen LogP contribution in [0.25, 0.3) is 0 Å². The van der Waals surface area contributed by atoms with Crippen molar-refractivity contribution >= 4 is 12.0 Å². The molecule has 2 heterocycles. The summed E-state index contributed by atoms with van der Waals surface area (Å²) < 4.78 is 0. The van der Waals surface area contributed by atoms with E-state index in [0.717, 1.165) is 12.8 Å². The number of hydrogen-bond donors (Lipinski definition) is 2.